The largest absolute Gasteiger partial charge is 0.350 e. The Morgan fingerprint density at radius 1 is 1.03 bits per heavy atom. The number of carbonyl (C=O) groups excluding carboxylic acids is 2. The van der Waals surface area contributed by atoms with E-state index in [2.05, 4.69) is 5.32 Å². The zero-order chi connectivity index (χ0) is 26.7. The third-order valence-electron chi connectivity index (χ3n) is 5.18. The molecule has 2 amide bonds. The molecule has 0 heterocycles. The summed E-state index contributed by atoms with van der Waals surface area (Å²) in [5.74, 6) is -1.02. The van der Waals surface area contributed by atoms with Gasteiger partial charge in [0.2, 0.25) is 21.8 Å². The molecule has 2 aromatic rings. The maximum Gasteiger partial charge on any atom is 0.244 e. The van der Waals surface area contributed by atoms with Crippen molar-refractivity contribution in [3.8, 4) is 0 Å². The Morgan fingerprint density at radius 2 is 1.60 bits per heavy atom. The van der Waals surface area contributed by atoms with Crippen molar-refractivity contribution in [3.63, 3.8) is 0 Å². The minimum atomic E-state index is -3.87. The van der Waals surface area contributed by atoms with E-state index in [-0.39, 0.29) is 12.2 Å². The van der Waals surface area contributed by atoms with Gasteiger partial charge in [-0.25, -0.2) is 8.42 Å². The van der Waals surface area contributed by atoms with E-state index in [1.165, 1.54) is 11.0 Å². The van der Waals surface area contributed by atoms with E-state index < -0.39 is 40.0 Å². The first kappa shape index (κ1) is 29.2. The predicted molar refractivity (Wildman–Crippen MR) is 143 cm³/mol. The van der Waals surface area contributed by atoms with E-state index in [9.17, 15) is 18.0 Å². The number of carbonyl (C=O) groups is 2. The lowest BCUT2D eigenvalue weighted by atomic mass is 10.1. The molecule has 0 aliphatic rings. The van der Waals surface area contributed by atoms with Gasteiger partial charge >= 0.3 is 0 Å². The summed E-state index contributed by atoms with van der Waals surface area (Å²) in [6, 6.07) is 8.70. The SMILES string of the molecule is Cc1ccc(N(CC(=O)N(Cc2c(Cl)cccc2Cl)C(C)C(=O)NC(C)(C)C)S(C)(=O)=O)cc1Cl. The van der Waals surface area contributed by atoms with Crippen LogP contribution in [0.15, 0.2) is 36.4 Å². The molecule has 11 heteroatoms. The molecule has 2 aromatic carbocycles. The number of sulfonamides is 1. The van der Waals surface area contributed by atoms with Gasteiger partial charge in [-0.2, -0.15) is 0 Å². The van der Waals surface area contributed by atoms with Crippen LogP contribution in [0.1, 0.15) is 38.8 Å². The second-order valence-electron chi connectivity index (χ2n) is 9.34. The maximum atomic E-state index is 13.6. The van der Waals surface area contributed by atoms with Crippen LogP contribution in [0.25, 0.3) is 0 Å². The van der Waals surface area contributed by atoms with Gasteiger partial charge in [-0.3, -0.25) is 13.9 Å². The second-order valence-corrected chi connectivity index (χ2v) is 12.5. The van der Waals surface area contributed by atoms with Gasteiger partial charge in [0.25, 0.3) is 0 Å². The number of hydrogen-bond acceptors (Lipinski definition) is 4. The molecule has 1 atom stereocenters. The van der Waals surface area contributed by atoms with E-state index in [0.29, 0.717) is 20.6 Å². The Morgan fingerprint density at radius 3 is 2.09 bits per heavy atom. The summed E-state index contributed by atoms with van der Waals surface area (Å²) in [5.41, 5.74) is 0.903. The number of amides is 2. The van der Waals surface area contributed by atoms with Gasteiger partial charge in [0, 0.05) is 32.7 Å². The Kier molecular flexibility index (Phi) is 9.50. The highest BCUT2D eigenvalue weighted by Gasteiger charge is 2.32. The molecule has 1 N–H and O–H groups in total. The van der Waals surface area contributed by atoms with Crippen LogP contribution in [0, 0.1) is 6.92 Å². The molecule has 0 aliphatic heterocycles. The van der Waals surface area contributed by atoms with Crippen molar-refractivity contribution in [1.82, 2.24) is 10.2 Å². The standard InChI is InChI=1S/C24H30Cl3N3O4S/c1-15-10-11-17(12-21(15)27)30(35(6,33)34)14-22(31)29(16(2)23(32)28-24(3,4)5)13-18-19(25)8-7-9-20(18)26/h7-12,16H,13-14H2,1-6H3,(H,28,32). The number of nitrogens with zero attached hydrogens (tertiary/aromatic N) is 2. The summed E-state index contributed by atoms with van der Waals surface area (Å²) in [6.07, 6.45) is 0.999. The number of nitrogens with one attached hydrogen (secondary N) is 1. The van der Waals surface area contributed by atoms with Crippen molar-refractivity contribution in [3.05, 3.63) is 62.6 Å². The van der Waals surface area contributed by atoms with Crippen LogP contribution in [0.2, 0.25) is 15.1 Å². The first-order chi connectivity index (χ1) is 16.0. The summed E-state index contributed by atoms with van der Waals surface area (Å²) in [6.45, 7) is 8.17. The Labute approximate surface area is 222 Å². The zero-order valence-corrected chi connectivity index (χ0v) is 23.6. The van der Waals surface area contributed by atoms with Gasteiger partial charge in [-0.05, 0) is 64.4 Å². The van der Waals surface area contributed by atoms with Crippen molar-refractivity contribution in [2.75, 3.05) is 17.1 Å². The molecule has 7 nitrogen and oxygen atoms in total. The molecule has 0 bridgehead atoms. The van der Waals surface area contributed by atoms with Crippen molar-refractivity contribution >= 4 is 62.3 Å². The number of anilines is 1. The molecule has 192 valence electrons. The van der Waals surface area contributed by atoms with Gasteiger partial charge < -0.3 is 10.2 Å². The lowest BCUT2D eigenvalue weighted by Crippen LogP contribution is -2.54. The lowest BCUT2D eigenvalue weighted by molar-refractivity contribution is -0.140. The van der Waals surface area contributed by atoms with Crippen LogP contribution in [-0.4, -0.2) is 49.5 Å². The number of aryl methyl sites for hydroxylation is 1. The van der Waals surface area contributed by atoms with Crippen LogP contribution in [0.3, 0.4) is 0 Å². The van der Waals surface area contributed by atoms with Crippen LogP contribution >= 0.6 is 34.8 Å². The van der Waals surface area contributed by atoms with Crippen LogP contribution in [0.5, 0.6) is 0 Å². The van der Waals surface area contributed by atoms with Gasteiger partial charge in [-0.15, -0.1) is 0 Å². The highest BCUT2D eigenvalue weighted by Crippen LogP contribution is 2.28. The summed E-state index contributed by atoms with van der Waals surface area (Å²) >= 11 is 18.9. The summed E-state index contributed by atoms with van der Waals surface area (Å²) in [5, 5.41) is 3.86. The monoisotopic (exact) mass is 561 g/mol. The van der Waals surface area contributed by atoms with Crippen LogP contribution in [-0.2, 0) is 26.2 Å². The minimum Gasteiger partial charge on any atom is -0.350 e. The predicted octanol–water partition coefficient (Wildman–Crippen LogP) is 5.05. The Balaban J connectivity index is 2.49. The third kappa shape index (κ3) is 8.00. The fraction of sp³-hybridized carbons (Fsp3) is 0.417. The highest BCUT2D eigenvalue weighted by molar-refractivity contribution is 7.92. The molecule has 0 fully saturated rings. The Hall–Kier alpha value is -2.00. The first-order valence-corrected chi connectivity index (χ1v) is 13.8. The topological polar surface area (TPSA) is 86.8 Å². The summed E-state index contributed by atoms with van der Waals surface area (Å²) in [7, 11) is -3.87. The summed E-state index contributed by atoms with van der Waals surface area (Å²) in [4.78, 5) is 27.8. The molecular formula is C24H30Cl3N3O4S. The molecule has 0 aromatic heterocycles. The van der Waals surface area contributed by atoms with Crippen molar-refractivity contribution in [2.45, 2.75) is 52.7 Å². The molecular weight excluding hydrogens is 533 g/mol. The van der Waals surface area contributed by atoms with E-state index in [1.807, 2.05) is 20.8 Å². The molecule has 0 radical (unpaired) electrons. The average molecular weight is 563 g/mol. The fourth-order valence-electron chi connectivity index (χ4n) is 3.26. The minimum absolute atomic E-state index is 0.0949. The number of halogens is 3. The number of hydrogen-bond donors (Lipinski definition) is 1. The normalized spacial score (nSPS) is 12.7. The highest BCUT2D eigenvalue weighted by atomic mass is 35.5. The summed E-state index contributed by atoms with van der Waals surface area (Å²) < 4.78 is 26.2. The second kappa shape index (κ2) is 11.4. The van der Waals surface area contributed by atoms with E-state index in [4.69, 9.17) is 34.8 Å². The van der Waals surface area contributed by atoms with Crippen LogP contribution in [0.4, 0.5) is 5.69 Å². The van der Waals surface area contributed by atoms with Gasteiger partial charge in [0.1, 0.15) is 12.6 Å². The van der Waals surface area contributed by atoms with Crippen molar-refractivity contribution in [1.29, 1.82) is 0 Å². The maximum absolute atomic E-state index is 13.6. The number of benzene rings is 2. The fourth-order valence-corrected chi connectivity index (χ4v) is 4.79. The zero-order valence-electron chi connectivity index (χ0n) is 20.5. The number of rotatable bonds is 8. The van der Waals surface area contributed by atoms with Gasteiger partial charge in [0.05, 0.1) is 11.9 Å². The lowest BCUT2D eigenvalue weighted by Gasteiger charge is -2.33. The van der Waals surface area contributed by atoms with E-state index >= 15 is 0 Å². The first-order valence-electron chi connectivity index (χ1n) is 10.8. The van der Waals surface area contributed by atoms with Crippen molar-refractivity contribution < 1.29 is 18.0 Å². The quantitative estimate of drug-likeness (QED) is 0.488. The van der Waals surface area contributed by atoms with Crippen LogP contribution < -0.4 is 9.62 Å². The molecule has 0 saturated heterocycles. The van der Waals surface area contributed by atoms with E-state index in [0.717, 1.165) is 16.1 Å². The molecule has 2 rings (SSSR count). The molecule has 1 unspecified atom stereocenters. The molecule has 0 saturated carbocycles. The van der Waals surface area contributed by atoms with Gasteiger partial charge in [0.15, 0.2) is 0 Å². The third-order valence-corrected chi connectivity index (χ3v) is 7.43. The molecule has 35 heavy (non-hydrogen) atoms. The Bertz CT molecular complexity index is 1190. The van der Waals surface area contributed by atoms with E-state index in [1.54, 1.807) is 44.2 Å². The average Bonchev–Trinajstić information content (AvgIpc) is 2.71. The van der Waals surface area contributed by atoms with Gasteiger partial charge in [-0.1, -0.05) is 46.9 Å². The molecule has 0 aliphatic carbocycles. The molecule has 0 spiro atoms. The smallest absolute Gasteiger partial charge is 0.244 e. The van der Waals surface area contributed by atoms with Crippen molar-refractivity contribution in [2.24, 2.45) is 0 Å².